The third-order valence-electron chi connectivity index (χ3n) is 2.60. The minimum absolute atomic E-state index is 0.0401. The van der Waals surface area contributed by atoms with E-state index in [-0.39, 0.29) is 17.6 Å². The van der Waals surface area contributed by atoms with E-state index in [9.17, 15) is 13.2 Å². The number of methoxy groups -OCH3 is 1. The van der Waals surface area contributed by atoms with Gasteiger partial charge in [0, 0.05) is 23.6 Å². The molecule has 18 heavy (non-hydrogen) atoms. The third-order valence-corrected chi connectivity index (χ3v) is 4.00. The van der Waals surface area contributed by atoms with Gasteiger partial charge in [0.1, 0.15) is 0 Å². The van der Waals surface area contributed by atoms with Crippen molar-refractivity contribution in [2.45, 2.75) is 12.6 Å². The Balaban J connectivity index is 1.98. The molecule has 0 saturated heterocycles. The molecule has 1 aliphatic rings. The zero-order valence-corrected chi connectivity index (χ0v) is 10.6. The molecule has 1 atom stereocenters. The third kappa shape index (κ3) is 2.80. The lowest BCUT2D eigenvalue weighted by atomic mass is 10.2. The molecule has 0 aliphatic carbocycles. The van der Waals surface area contributed by atoms with E-state index in [1.807, 2.05) is 0 Å². The van der Waals surface area contributed by atoms with Crippen LogP contribution in [-0.4, -0.2) is 33.3 Å². The van der Waals surface area contributed by atoms with Gasteiger partial charge in [0.15, 0.2) is 9.84 Å². The van der Waals surface area contributed by atoms with Gasteiger partial charge >= 0.3 is 5.97 Å². The smallest absolute Gasteiger partial charge is 0.374 e. The summed E-state index contributed by atoms with van der Waals surface area (Å²) in [7, 11) is -1.80. The van der Waals surface area contributed by atoms with Crippen molar-refractivity contribution in [2.75, 3.05) is 12.9 Å². The van der Waals surface area contributed by atoms with Crippen LogP contribution in [-0.2, 0) is 21.1 Å². The number of esters is 1. The van der Waals surface area contributed by atoms with Gasteiger partial charge in [-0.1, -0.05) is 6.08 Å². The van der Waals surface area contributed by atoms with Gasteiger partial charge in [-0.2, -0.15) is 0 Å². The minimum atomic E-state index is -3.08. The summed E-state index contributed by atoms with van der Waals surface area (Å²) in [6.45, 7) is 0.339. The molecule has 7 heteroatoms. The summed E-state index contributed by atoms with van der Waals surface area (Å²) >= 11 is 0. The summed E-state index contributed by atoms with van der Waals surface area (Å²) in [5, 5.41) is 4.22. The molecular weight excluding hydrogens is 258 g/mol. The quantitative estimate of drug-likeness (QED) is 0.801. The zero-order valence-electron chi connectivity index (χ0n) is 9.75. The summed E-state index contributed by atoms with van der Waals surface area (Å²) in [4.78, 5) is 11.3. The topological polar surface area (TPSA) is 85.6 Å². The highest BCUT2D eigenvalue weighted by atomic mass is 32.2. The van der Waals surface area contributed by atoms with Gasteiger partial charge < -0.3 is 14.5 Å². The Morgan fingerprint density at radius 1 is 1.61 bits per heavy atom. The molecule has 1 N–H and O–H groups in total. The molecule has 0 saturated carbocycles. The molecule has 2 rings (SSSR count). The maximum Gasteiger partial charge on any atom is 0.374 e. The van der Waals surface area contributed by atoms with Gasteiger partial charge in [-0.05, 0) is 6.07 Å². The fourth-order valence-corrected chi connectivity index (χ4v) is 2.96. The van der Waals surface area contributed by atoms with Crippen LogP contribution in [0.4, 0.5) is 0 Å². The first-order valence-electron chi connectivity index (χ1n) is 5.31. The van der Waals surface area contributed by atoms with Gasteiger partial charge in [-0.15, -0.1) is 0 Å². The first-order chi connectivity index (χ1) is 8.52. The molecule has 0 fully saturated rings. The van der Waals surface area contributed by atoms with E-state index in [0.29, 0.717) is 12.1 Å². The Hall–Kier alpha value is -1.60. The number of sulfone groups is 1. The molecule has 0 amide bonds. The van der Waals surface area contributed by atoms with Crippen molar-refractivity contribution in [1.82, 2.24) is 5.32 Å². The van der Waals surface area contributed by atoms with Crippen LogP contribution in [0.15, 0.2) is 28.2 Å². The molecule has 2 heterocycles. The van der Waals surface area contributed by atoms with Crippen LogP contribution in [0, 0.1) is 0 Å². The summed E-state index contributed by atoms with van der Waals surface area (Å²) in [5.74, 6) is -0.375. The van der Waals surface area contributed by atoms with Crippen molar-refractivity contribution in [2.24, 2.45) is 0 Å². The number of hydrogen-bond acceptors (Lipinski definition) is 6. The molecule has 0 aromatic carbocycles. The Bertz CT molecular complexity index is 572. The minimum Gasteiger partial charge on any atom is -0.463 e. The number of hydrogen-bond donors (Lipinski definition) is 1. The lowest BCUT2D eigenvalue weighted by Crippen LogP contribution is -2.29. The Morgan fingerprint density at radius 3 is 3.00 bits per heavy atom. The zero-order chi connectivity index (χ0) is 13.2. The number of carbonyl (C=O) groups is 1. The van der Waals surface area contributed by atoms with E-state index in [4.69, 9.17) is 4.42 Å². The Labute approximate surface area is 105 Å². The lowest BCUT2D eigenvalue weighted by Gasteiger charge is -2.09. The SMILES string of the molecule is COC(=O)c1occc1CNC1C=CS(=O)(=O)C1. The van der Waals surface area contributed by atoms with Gasteiger partial charge in [-0.3, -0.25) is 0 Å². The fourth-order valence-electron chi connectivity index (χ4n) is 1.69. The first-order valence-corrected chi connectivity index (χ1v) is 7.02. The van der Waals surface area contributed by atoms with Crippen molar-refractivity contribution < 1.29 is 22.4 Å². The van der Waals surface area contributed by atoms with Crippen LogP contribution in [0.25, 0.3) is 0 Å². The standard InChI is InChI=1S/C11H13NO5S/c1-16-11(13)10-8(2-4-17-10)6-12-9-3-5-18(14,15)7-9/h2-5,9,12H,6-7H2,1H3. The van der Waals surface area contributed by atoms with Gasteiger partial charge in [0.2, 0.25) is 5.76 Å². The van der Waals surface area contributed by atoms with Crippen molar-refractivity contribution in [3.05, 3.63) is 35.1 Å². The number of ether oxygens (including phenoxy) is 1. The molecule has 6 nitrogen and oxygen atoms in total. The summed E-state index contributed by atoms with van der Waals surface area (Å²) in [6.07, 6.45) is 2.98. The second kappa shape index (κ2) is 4.95. The lowest BCUT2D eigenvalue weighted by molar-refractivity contribution is 0.0563. The molecule has 0 bridgehead atoms. The van der Waals surface area contributed by atoms with Crippen molar-refractivity contribution in [3.8, 4) is 0 Å². The fraction of sp³-hybridized carbons (Fsp3) is 0.364. The van der Waals surface area contributed by atoms with Crippen molar-refractivity contribution >= 4 is 15.8 Å². The molecule has 1 aromatic rings. The van der Waals surface area contributed by atoms with Gasteiger partial charge in [0.05, 0.1) is 19.1 Å². The molecule has 1 aromatic heterocycles. The average Bonchev–Trinajstić information content (AvgIpc) is 2.91. The number of furan rings is 1. The van der Waals surface area contributed by atoms with Crippen LogP contribution in [0.5, 0.6) is 0 Å². The predicted molar refractivity (Wildman–Crippen MR) is 63.6 cm³/mol. The molecule has 98 valence electrons. The first kappa shape index (κ1) is 12.8. The van der Waals surface area contributed by atoms with E-state index in [1.165, 1.54) is 18.8 Å². The predicted octanol–water partition coefficient (Wildman–Crippen LogP) is 0.466. The Kier molecular flexibility index (Phi) is 3.53. The second-order valence-corrected chi connectivity index (χ2v) is 5.84. The van der Waals surface area contributed by atoms with E-state index in [0.717, 1.165) is 0 Å². The van der Waals surface area contributed by atoms with Crippen molar-refractivity contribution in [1.29, 1.82) is 0 Å². The number of rotatable bonds is 4. The average molecular weight is 271 g/mol. The van der Waals surface area contributed by atoms with Crippen LogP contribution in [0.2, 0.25) is 0 Å². The molecular formula is C11H13NO5S. The highest BCUT2D eigenvalue weighted by Crippen LogP contribution is 2.13. The molecule has 1 unspecified atom stereocenters. The van der Waals surface area contributed by atoms with E-state index in [2.05, 4.69) is 10.1 Å². The normalized spacial score (nSPS) is 21.1. The number of nitrogens with one attached hydrogen (secondary N) is 1. The molecule has 0 radical (unpaired) electrons. The molecule has 0 spiro atoms. The monoisotopic (exact) mass is 271 g/mol. The highest BCUT2D eigenvalue weighted by molar-refractivity contribution is 7.94. The second-order valence-electron chi connectivity index (χ2n) is 3.91. The van der Waals surface area contributed by atoms with Gasteiger partial charge in [-0.25, -0.2) is 13.2 Å². The van der Waals surface area contributed by atoms with Gasteiger partial charge in [0.25, 0.3) is 0 Å². The van der Waals surface area contributed by atoms with E-state index in [1.54, 1.807) is 12.1 Å². The maximum atomic E-state index is 11.3. The summed E-state index contributed by atoms with van der Waals surface area (Å²) in [5.41, 5.74) is 0.638. The van der Waals surface area contributed by atoms with Crippen LogP contribution in [0.3, 0.4) is 0 Å². The van der Waals surface area contributed by atoms with Crippen molar-refractivity contribution in [3.63, 3.8) is 0 Å². The van der Waals surface area contributed by atoms with Crippen LogP contribution in [0.1, 0.15) is 16.1 Å². The largest absolute Gasteiger partial charge is 0.463 e. The van der Waals surface area contributed by atoms with Crippen LogP contribution >= 0.6 is 0 Å². The van der Waals surface area contributed by atoms with E-state index < -0.39 is 15.8 Å². The summed E-state index contributed by atoms with van der Waals surface area (Å²) in [6, 6.07) is 1.40. The number of carbonyl (C=O) groups excluding carboxylic acids is 1. The Morgan fingerprint density at radius 2 is 2.39 bits per heavy atom. The van der Waals surface area contributed by atoms with Crippen LogP contribution < -0.4 is 5.32 Å². The summed E-state index contributed by atoms with van der Waals surface area (Å²) < 4.78 is 32.0. The highest BCUT2D eigenvalue weighted by Gasteiger charge is 2.22. The van der Waals surface area contributed by atoms with E-state index >= 15 is 0 Å². The maximum absolute atomic E-state index is 11.3. The molecule has 1 aliphatic heterocycles.